The Bertz CT molecular complexity index is 528. The molecule has 0 aromatic carbocycles. The zero-order valence-electron chi connectivity index (χ0n) is 9.87. The fourth-order valence-corrected chi connectivity index (χ4v) is 2.54. The third kappa shape index (κ3) is 3.04. The number of nitro groups is 1. The summed E-state index contributed by atoms with van der Waals surface area (Å²) in [5.41, 5.74) is 0.464. The molecule has 0 bridgehead atoms. The van der Waals surface area contributed by atoms with E-state index in [1.807, 2.05) is 18.4 Å². The number of thiophene rings is 1. The Labute approximate surface area is 109 Å². The number of anilines is 1. The number of hydrogen-bond donors (Lipinski definition) is 1. The number of aromatic nitrogens is 1. The number of pyridine rings is 1. The van der Waals surface area contributed by atoms with Crippen molar-refractivity contribution in [2.45, 2.75) is 19.4 Å². The minimum atomic E-state index is -0.472. The van der Waals surface area contributed by atoms with Crippen LogP contribution in [0.4, 0.5) is 11.5 Å². The van der Waals surface area contributed by atoms with E-state index >= 15 is 0 Å². The molecule has 0 aliphatic carbocycles. The summed E-state index contributed by atoms with van der Waals surface area (Å²) in [5, 5.41) is 16.0. The van der Waals surface area contributed by atoms with Gasteiger partial charge in [-0.3, -0.25) is 0 Å². The number of rotatable bonds is 5. The molecule has 6 heteroatoms. The van der Waals surface area contributed by atoms with E-state index in [0.29, 0.717) is 5.69 Å². The average molecular weight is 263 g/mol. The van der Waals surface area contributed by atoms with E-state index in [2.05, 4.69) is 16.4 Å². The Hall–Kier alpha value is -1.95. The quantitative estimate of drug-likeness (QED) is 0.665. The van der Waals surface area contributed by atoms with Crippen molar-refractivity contribution in [2.75, 3.05) is 5.32 Å². The largest absolute Gasteiger partial charge is 0.386 e. The molecule has 1 unspecified atom stereocenters. The Kier molecular flexibility index (Phi) is 3.88. The van der Waals surface area contributed by atoms with Gasteiger partial charge in [-0.1, -0.05) is 6.07 Å². The van der Waals surface area contributed by atoms with Crippen LogP contribution in [0.5, 0.6) is 0 Å². The van der Waals surface area contributed by atoms with Crippen molar-refractivity contribution in [3.05, 3.63) is 50.8 Å². The molecule has 0 aliphatic heterocycles. The summed E-state index contributed by atoms with van der Waals surface area (Å²) in [4.78, 5) is 15.4. The maximum Gasteiger partial charge on any atom is 0.386 e. The van der Waals surface area contributed by atoms with Gasteiger partial charge in [0.25, 0.3) is 0 Å². The third-order valence-corrected chi connectivity index (χ3v) is 3.35. The van der Waals surface area contributed by atoms with Crippen LogP contribution in [0.3, 0.4) is 0 Å². The van der Waals surface area contributed by atoms with Crippen LogP contribution in [-0.4, -0.2) is 15.9 Å². The molecule has 0 radical (unpaired) electrons. The zero-order chi connectivity index (χ0) is 13.0. The molecule has 18 heavy (non-hydrogen) atoms. The van der Waals surface area contributed by atoms with Crippen LogP contribution in [0.15, 0.2) is 35.8 Å². The third-order valence-electron chi connectivity index (χ3n) is 2.45. The molecule has 0 fully saturated rings. The van der Waals surface area contributed by atoms with Crippen molar-refractivity contribution in [1.29, 1.82) is 0 Å². The minimum absolute atomic E-state index is 0.117. The maximum absolute atomic E-state index is 10.8. The molecule has 0 amide bonds. The smallest absolute Gasteiger partial charge is 0.375 e. The van der Waals surface area contributed by atoms with Gasteiger partial charge in [0.1, 0.15) is 11.9 Å². The molecule has 0 saturated heterocycles. The van der Waals surface area contributed by atoms with Crippen molar-refractivity contribution < 1.29 is 4.92 Å². The Morgan fingerprint density at radius 3 is 3.00 bits per heavy atom. The van der Waals surface area contributed by atoms with E-state index < -0.39 is 4.92 Å². The van der Waals surface area contributed by atoms with Gasteiger partial charge in [-0.05, 0) is 40.4 Å². The van der Waals surface area contributed by atoms with Crippen LogP contribution in [-0.2, 0) is 6.42 Å². The van der Waals surface area contributed by atoms with E-state index in [4.69, 9.17) is 0 Å². The van der Waals surface area contributed by atoms with Crippen molar-refractivity contribution in [1.82, 2.24) is 4.98 Å². The van der Waals surface area contributed by atoms with Gasteiger partial charge in [0, 0.05) is 17.3 Å². The fraction of sp³-hybridized carbons (Fsp3) is 0.250. The van der Waals surface area contributed by atoms with Gasteiger partial charge in [-0.25, -0.2) is 0 Å². The maximum atomic E-state index is 10.8. The lowest BCUT2D eigenvalue weighted by atomic mass is 10.2. The van der Waals surface area contributed by atoms with Crippen LogP contribution in [0.2, 0.25) is 0 Å². The lowest BCUT2D eigenvalue weighted by molar-refractivity contribution is -0.388. The first-order valence-corrected chi connectivity index (χ1v) is 6.43. The van der Waals surface area contributed by atoms with Crippen LogP contribution >= 0.6 is 11.3 Å². The number of nitrogens with one attached hydrogen (secondary N) is 1. The lowest BCUT2D eigenvalue weighted by Gasteiger charge is -2.13. The van der Waals surface area contributed by atoms with Crippen LogP contribution < -0.4 is 5.32 Å². The van der Waals surface area contributed by atoms with E-state index in [0.717, 1.165) is 6.42 Å². The molecular formula is C12H13N3O2S. The van der Waals surface area contributed by atoms with Crippen molar-refractivity contribution in [3.8, 4) is 0 Å². The van der Waals surface area contributed by atoms with Crippen LogP contribution in [0.1, 0.15) is 11.8 Å². The minimum Gasteiger partial charge on any atom is -0.375 e. The summed E-state index contributed by atoms with van der Waals surface area (Å²) >= 11 is 1.68. The highest BCUT2D eigenvalue weighted by atomic mass is 32.1. The molecule has 1 atom stereocenters. The predicted molar refractivity (Wildman–Crippen MR) is 72.0 cm³/mol. The fourth-order valence-electron chi connectivity index (χ4n) is 1.70. The molecule has 2 rings (SSSR count). The normalized spacial score (nSPS) is 12.1. The van der Waals surface area contributed by atoms with Crippen LogP contribution in [0.25, 0.3) is 0 Å². The summed E-state index contributed by atoms with van der Waals surface area (Å²) in [5.74, 6) is -0.129. The van der Waals surface area contributed by atoms with Gasteiger partial charge in [-0.15, -0.1) is 11.3 Å². The van der Waals surface area contributed by atoms with E-state index in [-0.39, 0.29) is 11.9 Å². The molecule has 0 spiro atoms. The second-order valence-electron chi connectivity index (χ2n) is 3.96. The zero-order valence-corrected chi connectivity index (χ0v) is 10.7. The molecule has 0 aliphatic rings. The van der Waals surface area contributed by atoms with Gasteiger partial charge in [0.2, 0.25) is 0 Å². The van der Waals surface area contributed by atoms with E-state index in [9.17, 15) is 10.1 Å². The molecule has 2 heterocycles. The molecular weight excluding hydrogens is 250 g/mol. The molecule has 2 aromatic rings. The molecule has 0 saturated carbocycles. The molecule has 2 aromatic heterocycles. The van der Waals surface area contributed by atoms with Gasteiger partial charge < -0.3 is 15.4 Å². The van der Waals surface area contributed by atoms with Crippen molar-refractivity contribution >= 4 is 22.8 Å². The highest BCUT2D eigenvalue weighted by Crippen LogP contribution is 2.22. The van der Waals surface area contributed by atoms with Gasteiger partial charge in [-0.2, -0.15) is 0 Å². The van der Waals surface area contributed by atoms with E-state index in [1.165, 1.54) is 11.1 Å². The SMILES string of the molecule is CC(Cc1cccs1)Nc1cccnc1[N+](=O)[O-]. The summed E-state index contributed by atoms with van der Waals surface area (Å²) in [6.45, 7) is 2.00. The van der Waals surface area contributed by atoms with E-state index in [1.54, 1.807) is 23.5 Å². The Morgan fingerprint density at radius 1 is 1.50 bits per heavy atom. The standard InChI is InChI=1S/C12H13N3O2S/c1-9(8-10-4-3-7-18-10)14-11-5-2-6-13-12(11)15(16)17/h2-7,9,14H,8H2,1H3. The first kappa shape index (κ1) is 12.5. The van der Waals surface area contributed by atoms with Gasteiger partial charge in [0.15, 0.2) is 0 Å². The summed E-state index contributed by atoms with van der Waals surface area (Å²) in [6.07, 6.45) is 2.26. The van der Waals surface area contributed by atoms with Crippen LogP contribution in [0, 0.1) is 10.1 Å². The van der Waals surface area contributed by atoms with Gasteiger partial charge in [0.05, 0.1) is 0 Å². The second kappa shape index (κ2) is 5.59. The molecule has 94 valence electrons. The monoisotopic (exact) mass is 263 g/mol. The molecule has 1 N–H and O–H groups in total. The number of nitrogens with zero attached hydrogens (tertiary/aromatic N) is 2. The first-order chi connectivity index (χ1) is 8.66. The topological polar surface area (TPSA) is 68.1 Å². The van der Waals surface area contributed by atoms with Crippen molar-refractivity contribution in [3.63, 3.8) is 0 Å². The van der Waals surface area contributed by atoms with Gasteiger partial charge >= 0.3 is 5.82 Å². The van der Waals surface area contributed by atoms with Crippen molar-refractivity contribution in [2.24, 2.45) is 0 Å². The summed E-state index contributed by atoms with van der Waals surface area (Å²) in [7, 11) is 0. The highest BCUT2D eigenvalue weighted by Gasteiger charge is 2.15. The molecule has 5 nitrogen and oxygen atoms in total. The average Bonchev–Trinajstić information content (AvgIpc) is 2.82. The predicted octanol–water partition coefficient (Wildman–Crippen LogP) is 3.09. The highest BCUT2D eigenvalue weighted by molar-refractivity contribution is 7.09. The summed E-state index contributed by atoms with van der Waals surface area (Å²) in [6, 6.07) is 7.54. The first-order valence-electron chi connectivity index (χ1n) is 5.55. The second-order valence-corrected chi connectivity index (χ2v) is 4.99. The Balaban J connectivity index is 2.07. The number of hydrogen-bond acceptors (Lipinski definition) is 5. The summed E-state index contributed by atoms with van der Waals surface area (Å²) < 4.78 is 0. The lowest BCUT2D eigenvalue weighted by Crippen LogP contribution is -2.18. The Morgan fingerprint density at radius 2 is 2.33 bits per heavy atom.